The molecule has 0 aliphatic heterocycles. The van der Waals surface area contributed by atoms with Crippen molar-refractivity contribution in [1.82, 2.24) is 9.78 Å². The predicted octanol–water partition coefficient (Wildman–Crippen LogP) is 0.557. The molecule has 1 unspecified atom stereocenters. The third-order valence-electron chi connectivity index (χ3n) is 1.73. The average molecular weight is 153 g/mol. The molecule has 1 atom stereocenters. The summed E-state index contributed by atoms with van der Waals surface area (Å²) in [6.07, 6.45) is 2.94. The number of hydrogen-bond acceptors (Lipinski definition) is 2. The lowest BCUT2D eigenvalue weighted by Crippen LogP contribution is -2.13. The van der Waals surface area contributed by atoms with Crippen molar-refractivity contribution in [2.24, 2.45) is 18.7 Å². The lowest BCUT2D eigenvalue weighted by molar-refractivity contribution is 0.576. The Labute approximate surface area is 67.2 Å². The van der Waals surface area contributed by atoms with Crippen LogP contribution in [0.25, 0.3) is 0 Å². The van der Waals surface area contributed by atoms with Crippen LogP contribution in [0, 0.1) is 5.92 Å². The molecule has 0 saturated heterocycles. The van der Waals surface area contributed by atoms with E-state index in [0.29, 0.717) is 5.92 Å². The van der Waals surface area contributed by atoms with Gasteiger partial charge in [-0.05, 0) is 24.9 Å². The molecule has 0 spiro atoms. The third kappa shape index (κ3) is 2.35. The summed E-state index contributed by atoms with van der Waals surface area (Å²) in [5.74, 6) is 0.532. The molecular formula is C8H15N3. The number of aryl methyl sites for hydroxylation is 1. The fraction of sp³-hybridized carbons (Fsp3) is 0.625. The van der Waals surface area contributed by atoms with Gasteiger partial charge in [-0.15, -0.1) is 0 Å². The van der Waals surface area contributed by atoms with E-state index in [1.165, 1.54) is 0 Å². The highest BCUT2D eigenvalue weighted by atomic mass is 15.2. The fourth-order valence-corrected chi connectivity index (χ4v) is 1.01. The number of hydrogen-bond donors (Lipinski definition) is 1. The molecule has 0 bridgehead atoms. The van der Waals surface area contributed by atoms with E-state index in [9.17, 15) is 0 Å². The molecule has 3 nitrogen and oxygen atoms in total. The standard InChI is InChI=1S/C8H15N3/c1-7(6-9)5-8-3-4-11(2)10-8/h3-4,7H,5-6,9H2,1-2H3. The second-order valence-corrected chi connectivity index (χ2v) is 3.03. The van der Waals surface area contributed by atoms with E-state index in [1.54, 1.807) is 0 Å². The van der Waals surface area contributed by atoms with Gasteiger partial charge in [0, 0.05) is 13.2 Å². The Morgan fingerprint density at radius 2 is 2.45 bits per heavy atom. The van der Waals surface area contributed by atoms with E-state index in [4.69, 9.17) is 5.73 Å². The Balaban J connectivity index is 2.50. The molecule has 0 saturated carbocycles. The summed E-state index contributed by atoms with van der Waals surface area (Å²) >= 11 is 0. The van der Waals surface area contributed by atoms with Crippen molar-refractivity contribution < 1.29 is 0 Å². The van der Waals surface area contributed by atoms with Crippen molar-refractivity contribution in [2.45, 2.75) is 13.3 Å². The zero-order chi connectivity index (χ0) is 8.27. The minimum Gasteiger partial charge on any atom is -0.330 e. The Hall–Kier alpha value is -0.830. The molecule has 0 aliphatic rings. The topological polar surface area (TPSA) is 43.8 Å². The van der Waals surface area contributed by atoms with Crippen LogP contribution in [0.4, 0.5) is 0 Å². The third-order valence-corrected chi connectivity index (χ3v) is 1.73. The van der Waals surface area contributed by atoms with Gasteiger partial charge in [-0.2, -0.15) is 5.10 Å². The van der Waals surface area contributed by atoms with Crippen LogP contribution in [-0.2, 0) is 13.5 Å². The monoisotopic (exact) mass is 153 g/mol. The molecule has 1 rings (SSSR count). The minimum atomic E-state index is 0.532. The maximum atomic E-state index is 5.49. The second kappa shape index (κ2) is 3.53. The summed E-state index contributed by atoms with van der Waals surface area (Å²) in [7, 11) is 1.93. The quantitative estimate of drug-likeness (QED) is 0.689. The normalized spacial score (nSPS) is 13.4. The van der Waals surface area contributed by atoms with Crippen molar-refractivity contribution in [1.29, 1.82) is 0 Å². The summed E-state index contributed by atoms with van der Waals surface area (Å²) in [6.45, 7) is 2.87. The Morgan fingerprint density at radius 1 is 1.73 bits per heavy atom. The molecule has 1 heterocycles. The van der Waals surface area contributed by atoms with Gasteiger partial charge in [0.1, 0.15) is 0 Å². The van der Waals surface area contributed by atoms with E-state index < -0.39 is 0 Å². The van der Waals surface area contributed by atoms with Crippen LogP contribution >= 0.6 is 0 Å². The fourth-order valence-electron chi connectivity index (χ4n) is 1.01. The Kier molecular flexibility index (Phi) is 2.65. The highest BCUT2D eigenvalue weighted by molar-refractivity contribution is 4.99. The van der Waals surface area contributed by atoms with Crippen LogP contribution in [0.2, 0.25) is 0 Å². The van der Waals surface area contributed by atoms with Crippen molar-refractivity contribution in [3.63, 3.8) is 0 Å². The summed E-state index contributed by atoms with van der Waals surface area (Å²) in [6, 6.07) is 2.03. The molecule has 1 aromatic rings. The molecule has 0 amide bonds. The molecule has 11 heavy (non-hydrogen) atoms. The van der Waals surface area contributed by atoms with Gasteiger partial charge < -0.3 is 5.73 Å². The number of nitrogens with zero attached hydrogens (tertiary/aromatic N) is 2. The first-order chi connectivity index (χ1) is 5.22. The summed E-state index contributed by atoms with van der Waals surface area (Å²) in [4.78, 5) is 0. The molecule has 1 aromatic heterocycles. The second-order valence-electron chi connectivity index (χ2n) is 3.03. The van der Waals surface area contributed by atoms with Gasteiger partial charge in [-0.3, -0.25) is 4.68 Å². The number of aromatic nitrogens is 2. The van der Waals surface area contributed by atoms with E-state index in [0.717, 1.165) is 18.7 Å². The predicted molar refractivity (Wildman–Crippen MR) is 45.1 cm³/mol. The summed E-state index contributed by atoms with van der Waals surface area (Å²) < 4.78 is 1.82. The molecule has 2 N–H and O–H groups in total. The van der Waals surface area contributed by atoms with E-state index >= 15 is 0 Å². The lowest BCUT2D eigenvalue weighted by Gasteiger charge is -2.03. The van der Waals surface area contributed by atoms with Gasteiger partial charge in [-0.25, -0.2) is 0 Å². The first-order valence-electron chi connectivity index (χ1n) is 3.91. The number of nitrogens with two attached hydrogens (primary N) is 1. The average Bonchev–Trinajstić information content (AvgIpc) is 2.35. The summed E-state index contributed by atoms with van der Waals surface area (Å²) in [5.41, 5.74) is 6.62. The van der Waals surface area contributed by atoms with Gasteiger partial charge in [0.15, 0.2) is 0 Å². The lowest BCUT2D eigenvalue weighted by atomic mass is 10.1. The molecule has 0 aliphatic carbocycles. The van der Waals surface area contributed by atoms with E-state index in [2.05, 4.69) is 12.0 Å². The highest BCUT2D eigenvalue weighted by Gasteiger charge is 2.02. The van der Waals surface area contributed by atoms with Crippen molar-refractivity contribution in [3.05, 3.63) is 18.0 Å². The molecule has 0 aromatic carbocycles. The van der Waals surface area contributed by atoms with E-state index in [-0.39, 0.29) is 0 Å². The van der Waals surface area contributed by atoms with Crippen molar-refractivity contribution in [2.75, 3.05) is 6.54 Å². The van der Waals surface area contributed by atoms with Gasteiger partial charge in [0.2, 0.25) is 0 Å². The van der Waals surface area contributed by atoms with Crippen molar-refractivity contribution >= 4 is 0 Å². The van der Waals surface area contributed by atoms with Crippen molar-refractivity contribution in [3.8, 4) is 0 Å². The van der Waals surface area contributed by atoms with Gasteiger partial charge in [0.25, 0.3) is 0 Å². The van der Waals surface area contributed by atoms with Crippen LogP contribution in [0.3, 0.4) is 0 Å². The first-order valence-corrected chi connectivity index (χ1v) is 3.91. The maximum absolute atomic E-state index is 5.49. The van der Waals surface area contributed by atoms with Gasteiger partial charge >= 0.3 is 0 Å². The highest BCUT2D eigenvalue weighted by Crippen LogP contribution is 2.03. The SMILES string of the molecule is CC(CN)Cc1ccn(C)n1. The largest absolute Gasteiger partial charge is 0.330 e. The van der Waals surface area contributed by atoms with Gasteiger partial charge in [0.05, 0.1) is 5.69 Å². The van der Waals surface area contributed by atoms with Crippen LogP contribution in [0.1, 0.15) is 12.6 Å². The molecule has 3 heteroatoms. The molecule has 62 valence electrons. The Bertz CT molecular complexity index is 217. The van der Waals surface area contributed by atoms with Gasteiger partial charge in [-0.1, -0.05) is 6.92 Å². The Morgan fingerprint density at radius 3 is 2.91 bits per heavy atom. The van der Waals surface area contributed by atoms with Crippen LogP contribution < -0.4 is 5.73 Å². The van der Waals surface area contributed by atoms with Crippen LogP contribution in [-0.4, -0.2) is 16.3 Å². The minimum absolute atomic E-state index is 0.532. The zero-order valence-electron chi connectivity index (χ0n) is 7.12. The molecular weight excluding hydrogens is 138 g/mol. The molecule has 0 fully saturated rings. The van der Waals surface area contributed by atoms with E-state index in [1.807, 2.05) is 24.0 Å². The molecule has 0 radical (unpaired) electrons. The first kappa shape index (κ1) is 8.27. The number of rotatable bonds is 3. The van der Waals surface area contributed by atoms with Crippen LogP contribution in [0.5, 0.6) is 0 Å². The summed E-state index contributed by atoms with van der Waals surface area (Å²) in [5, 5.41) is 4.26. The zero-order valence-corrected chi connectivity index (χ0v) is 7.12. The van der Waals surface area contributed by atoms with Crippen LogP contribution in [0.15, 0.2) is 12.3 Å². The maximum Gasteiger partial charge on any atom is 0.0627 e. The smallest absolute Gasteiger partial charge is 0.0627 e.